The van der Waals surface area contributed by atoms with E-state index in [1.54, 1.807) is 6.92 Å². The van der Waals surface area contributed by atoms with Crippen LogP contribution in [0.1, 0.15) is 14.6 Å². The lowest BCUT2D eigenvalue weighted by Crippen LogP contribution is -2.31. The van der Waals surface area contributed by atoms with Gasteiger partial charge in [0.05, 0.1) is 12.7 Å². The summed E-state index contributed by atoms with van der Waals surface area (Å²) in [6.07, 6.45) is -1.03. The summed E-state index contributed by atoms with van der Waals surface area (Å²) in [5.41, 5.74) is 4.68. The number of nitrogens with zero attached hydrogens (tertiary/aromatic N) is 3. The van der Waals surface area contributed by atoms with Gasteiger partial charge in [0.1, 0.15) is 18.7 Å². The number of hydrogen-bond acceptors (Lipinski definition) is 7. The Labute approximate surface area is 98.2 Å². The molecule has 1 fully saturated rings. The van der Waals surface area contributed by atoms with Crippen molar-refractivity contribution < 1.29 is 16.4 Å². The first-order chi connectivity index (χ1) is 8.04. The molecule has 0 aliphatic carbocycles. The van der Waals surface area contributed by atoms with Crippen molar-refractivity contribution in [2.24, 2.45) is 5.92 Å². The highest BCUT2D eigenvalue weighted by Gasteiger charge is 2.41. The predicted octanol–water partition coefficient (Wildman–Crippen LogP) is -1.65. The molecule has 4 N–H and O–H groups in total. The molecule has 0 spiro atoms. The third-order valence-electron chi connectivity index (χ3n) is 2.88. The van der Waals surface area contributed by atoms with Crippen molar-refractivity contribution in [3.05, 3.63) is 16.8 Å². The Morgan fingerprint density at radius 1 is 1.71 bits per heavy atom. The van der Waals surface area contributed by atoms with Crippen LogP contribution < -0.4 is 11.4 Å². The van der Waals surface area contributed by atoms with E-state index in [9.17, 15) is 9.90 Å². The second-order valence-electron chi connectivity index (χ2n) is 4.00. The Hall–Kier alpha value is -1.51. The van der Waals surface area contributed by atoms with Gasteiger partial charge in [-0.3, -0.25) is 4.57 Å². The van der Waals surface area contributed by atoms with Gasteiger partial charge in [0.2, 0.25) is 5.95 Å². The third-order valence-corrected chi connectivity index (χ3v) is 2.88. The van der Waals surface area contributed by atoms with E-state index in [-0.39, 0.29) is 19.9 Å². The van der Waals surface area contributed by atoms with Gasteiger partial charge >= 0.3 is 5.69 Å². The van der Waals surface area contributed by atoms with E-state index < -0.39 is 24.1 Å². The van der Waals surface area contributed by atoms with Gasteiger partial charge < -0.3 is 20.7 Å². The SMILES string of the molecule is C[C@@H]1C(O)[C@@H](CO)O[C@H]1n1cnc(N)nc1=O.[HH]. The number of nitrogens with two attached hydrogens (primary N) is 1. The number of aromatic nitrogens is 3. The molecule has 96 valence electrons. The second kappa shape index (κ2) is 4.40. The molecule has 1 aliphatic rings. The minimum absolute atomic E-state index is 0. The average molecular weight is 244 g/mol. The van der Waals surface area contributed by atoms with E-state index in [1.165, 1.54) is 6.33 Å². The van der Waals surface area contributed by atoms with Gasteiger partial charge in [-0.05, 0) is 0 Å². The maximum Gasteiger partial charge on any atom is 0.354 e. The highest BCUT2D eigenvalue weighted by atomic mass is 16.5. The van der Waals surface area contributed by atoms with Crippen molar-refractivity contribution in [2.45, 2.75) is 25.4 Å². The zero-order valence-corrected chi connectivity index (χ0v) is 9.22. The standard InChI is InChI=1S/C9H14N4O4.H2/c1-4-6(15)5(2-14)17-7(4)13-3-11-8(10)12-9(13)16;/h3-7,14-15H,2H2,1H3,(H2,10,12,16);1H/t4-,5-,6?,7-;/m1./s1. The molecule has 0 saturated carbocycles. The van der Waals surface area contributed by atoms with Crippen LogP contribution in [0.2, 0.25) is 0 Å². The Kier molecular flexibility index (Phi) is 3.09. The van der Waals surface area contributed by atoms with Crippen LogP contribution in [-0.2, 0) is 4.74 Å². The summed E-state index contributed by atoms with van der Waals surface area (Å²) in [7, 11) is 0. The molecule has 1 aromatic heterocycles. The molecule has 0 radical (unpaired) electrons. The highest BCUT2D eigenvalue weighted by Crippen LogP contribution is 2.33. The van der Waals surface area contributed by atoms with Crippen LogP contribution in [0.15, 0.2) is 11.1 Å². The molecule has 1 saturated heterocycles. The quantitative estimate of drug-likeness (QED) is 0.569. The van der Waals surface area contributed by atoms with E-state index in [1.807, 2.05) is 0 Å². The van der Waals surface area contributed by atoms with Gasteiger partial charge in [-0.2, -0.15) is 4.98 Å². The summed E-state index contributed by atoms with van der Waals surface area (Å²) in [4.78, 5) is 18.8. The van der Waals surface area contributed by atoms with Crippen molar-refractivity contribution in [3.8, 4) is 0 Å². The van der Waals surface area contributed by atoms with Crippen molar-refractivity contribution in [1.29, 1.82) is 0 Å². The number of nitrogen functional groups attached to an aromatic ring is 1. The van der Waals surface area contributed by atoms with E-state index in [4.69, 9.17) is 15.6 Å². The molecular formula is C9H16N4O4. The molecule has 8 nitrogen and oxygen atoms in total. The first-order valence-electron chi connectivity index (χ1n) is 5.19. The minimum Gasteiger partial charge on any atom is -0.394 e. The Bertz CT molecular complexity index is 468. The zero-order valence-electron chi connectivity index (χ0n) is 9.22. The van der Waals surface area contributed by atoms with Crippen molar-refractivity contribution in [2.75, 3.05) is 12.3 Å². The molecule has 1 aliphatic heterocycles. The van der Waals surface area contributed by atoms with Crippen molar-refractivity contribution >= 4 is 5.95 Å². The normalized spacial score (nSPS) is 32.9. The number of aliphatic hydroxyl groups excluding tert-OH is 2. The Balaban J connectivity index is 0.00000162. The number of aliphatic hydroxyl groups is 2. The van der Waals surface area contributed by atoms with Crippen molar-refractivity contribution in [1.82, 2.24) is 14.5 Å². The first-order valence-corrected chi connectivity index (χ1v) is 5.19. The number of ether oxygens (including phenoxy) is 1. The summed E-state index contributed by atoms with van der Waals surface area (Å²) in [5.74, 6) is -0.465. The maximum absolute atomic E-state index is 11.6. The fraction of sp³-hybridized carbons (Fsp3) is 0.667. The van der Waals surface area contributed by atoms with Crippen LogP contribution in [0, 0.1) is 5.92 Å². The maximum atomic E-state index is 11.6. The largest absolute Gasteiger partial charge is 0.394 e. The van der Waals surface area contributed by atoms with Gasteiger partial charge in [0, 0.05) is 7.34 Å². The Morgan fingerprint density at radius 3 is 2.94 bits per heavy atom. The second-order valence-corrected chi connectivity index (χ2v) is 4.00. The first kappa shape index (κ1) is 12.0. The number of anilines is 1. The van der Waals surface area contributed by atoms with Gasteiger partial charge in [0.25, 0.3) is 0 Å². The molecule has 1 unspecified atom stereocenters. The smallest absolute Gasteiger partial charge is 0.354 e. The molecule has 0 bridgehead atoms. The van der Waals surface area contributed by atoms with Gasteiger partial charge in [0.15, 0.2) is 0 Å². The van der Waals surface area contributed by atoms with Crippen LogP contribution in [0.5, 0.6) is 0 Å². The van der Waals surface area contributed by atoms with Gasteiger partial charge in [-0.25, -0.2) is 9.78 Å². The van der Waals surface area contributed by atoms with Crippen LogP contribution in [0.3, 0.4) is 0 Å². The number of hydrogen-bond donors (Lipinski definition) is 3. The summed E-state index contributed by atoms with van der Waals surface area (Å²) < 4.78 is 6.54. The molecule has 2 rings (SSSR count). The van der Waals surface area contributed by atoms with Crippen molar-refractivity contribution in [3.63, 3.8) is 0 Å². The fourth-order valence-electron chi connectivity index (χ4n) is 1.89. The summed E-state index contributed by atoms with van der Waals surface area (Å²) in [6.45, 7) is 1.40. The lowest BCUT2D eigenvalue weighted by atomic mass is 10.0. The van der Waals surface area contributed by atoms with Gasteiger partial charge in [-0.15, -0.1) is 0 Å². The molecule has 0 aromatic carbocycles. The molecule has 17 heavy (non-hydrogen) atoms. The topological polar surface area (TPSA) is 123 Å². The van der Waals surface area contributed by atoms with Crippen LogP contribution in [-0.4, -0.2) is 43.6 Å². The molecular weight excluding hydrogens is 228 g/mol. The minimum atomic E-state index is -0.838. The summed E-state index contributed by atoms with van der Waals surface area (Å²) in [6, 6.07) is 0. The summed E-state index contributed by atoms with van der Waals surface area (Å²) >= 11 is 0. The van der Waals surface area contributed by atoms with E-state index in [0.717, 1.165) is 4.57 Å². The molecule has 0 amide bonds. The lowest BCUT2D eigenvalue weighted by molar-refractivity contribution is -0.0480. The highest BCUT2D eigenvalue weighted by molar-refractivity contribution is 5.10. The fourth-order valence-corrected chi connectivity index (χ4v) is 1.89. The van der Waals surface area contributed by atoms with Crippen LogP contribution in [0.25, 0.3) is 0 Å². The Morgan fingerprint density at radius 2 is 2.41 bits per heavy atom. The van der Waals surface area contributed by atoms with Crippen LogP contribution >= 0.6 is 0 Å². The van der Waals surface area contributed by atoms with E-state index >= 15 is 0 Å². The predicted molar refractivity (Wildman–Crippen MR) is 59.0 cm³/mol. The average Bonchev–Trinajstić information content (AvgIpc) is 2.57. The molecule has 4 atom stereocenters. The zero-order chi connectivity index (χ0) is 12.6. The molecule has 1 aromatic rings. The lowest BCUT2D eigenvalue weighted by Gasteiger charge is -2.17. The molecule has 8 heteroatoms. The monoisotopic (exact) mass is 244 g/mol. The van der Waals surface area contributed by atoms with E-state index in [2.05, 4.69) is 9.97 Å². The number of rotatable bonds is 2. The third kappa shape index (κ3) is 2.02. The van der Waals surface area contributed by atoms with Crippen LogP contribution in [0.4, 0.5) is 5.95 Å². The van der Waals surface area contributed by atoms with E-state index in [0.29, 0.717) is 0 Å². The summed E-state index contributed by atoms with van der Waals surface area (Å²) in [5, 5.41) is 18.8. The molecule has 2 heterocycles. The van der Waals surface area contributed by atoms with Gasteiger partial charge in [-0.1, -0.05) is 6.92 Å².